The molecule has 1 amide bonds. The molecule has 2 heterocycles. The maximum Gasteiger partial charge on any atom is 0.410 e. The number of carbonyl (C=O) groups is 1. The fraction of sp³-hybridized carbons (Fsp3) is 0.476. The number of nitrogen functional groups attached to an aromatic ring is 1. The van der Waals surface area contributed by atoms with Gasteiger partial charge in [0, 0.05) is 12.1 Å². The fourth-order valence-electron chi connectivity index (χ4n) is 3.62. The third-order valence-electron chi connectivity index (χ3n) is 5.01. The van der Waals surface area contributed by atoms with Gasteiger partial charge in [0.05, 0.1) is 17.4 Å². The van der Waals surface area contributed by atoms with E-state index in [1.54, 1.807) is 58.6 Å². The van der Waals surface area contributed by atoms with E-state index in [1.165, 1.54) is 4.57 Å². The van der Waals surface area contributed by atoms with Gasteiger partial charge >= 0.3 is 6.09 Å². The number of fused-ring (bicyclic) bond motifs is 1. The van der Waals surface area contributed by atoms with Gasteiger partial charge in [-0.1, -0.05) is 0 Å². The molecule has 0 saturated carbocycles. The summed E-state index contributed by atoms with van der Waals surface area (Å²) in [5.74, 6) is -0.315. The number of nitrogens with zero attached hydrogens (tertiary/aromatic N) is 3. The topological polar surface area (TPSA) is 90.5 Å². The zero-order valence-corrected chi connectivity index (χ0v) is 17.7. The Morgan fingerprint density at radius 2 is 1.86 bits per heavy atom. The van der Waals surface area contributed by atoms with Crippen LogP contribution in [0.5, 0.6) is 0 Å². The van der Waals surface area contributed by atoms with E-state index in [1.807, 2.05) is 0 Å². The first-order chi connectivity index (χ1) is 13.4. The number of benzene rings is 1. The van der Waals surface area contributed by atoms with E-state index in [4.69, 9.17) is 10.5 Å². The van der Waals surface area contributed by atoms with Gasteiger partial charge in [-0.25, -0.2) is 18.7 Å². The molecule has 3 rings (SSSR count). The number of ether oxygens (including phenoxy) is 1. The van der Waals surface area contributed by atoms with E-state index >= 15 is 0 Å². The first kappa shape index (κ1) is 20.8. The summed E-state index contributed by atoms with van der Waals surface area (Å²) in [5.41, 5.74) is 7.50. The van der Waals surface area contributed by atoms with Crippen molar-refractivity contribution in [2.45, 2.75) is 59.6 Å². The van der Waals surface area contributed by atoms with Crippen LogP contribution in [-0.2, 0) is 11.2 Å². The zero-order valence-electron chi connectivity index (χ0n) is 17.7. The standard InChI is InChI=1S/C21H27FN4O3/c1-11-9-14(10-12(2)16(11)22)26-18(27)15-7-8-25(20(28)29-21(4,5)6)13(3)17(15)24-19(26)23/h9-10,13H,7-8H2,1-6H3,(H2,23,24)/t13-/m0/s1. The first-order valence-corrected chi connectivity index (χ1v) is 9.58. The van der Waals surface area contributed by atoms with Gasteiger partial charge in [-0.05, 0) is 71.2 Å². The minimum absolute atomic E-state index is 0.00273. The number of anilines is 1. The molecule has 0 saturated heterocycles. The van der Waals surface area contributed by atoms with Crippen LogP contribution in [-0.4, -0.2) is 32.7 Å². The van der Waals surface area contributed by atoms with Crippen LogP contribution in [0.1, 0.15) is 56.1 Å². The lowest BCUT2D eigenvalue weighted by atomic mass is 10.00. The quantitative estimate of drug-likeness (QED) is 0.789. The molecule has 0 radical (unpaired) electrons. The lowest BCUT2D eigenvalue weighted by Crippen LogP contribution is -2.45. The van der Waals surface area contributed by atoms with Crippen molar-refractivity contribution in [1.82, 2.24) is 14.5 Å². The fourth-order valence-corrected chi connectivity index (χ4v) is 3.62. The number of nitrogens with two attached hydrogens (primary N) is 1. The maximum atomic E-state index is 14.0. The van der Waals surface area contributed by atoms with Crippen LogP contribution >= 0.6 is 0 Å². The SMILES string of the molecule is Cc1cc(-n2c(N)nc3c(c2=O)CCN(C(=O)OC(C)(C)C)[C@H]3C)cc(C)c1F. The molecule has 156 valence electrons. The highest BCUT2D eigenvalue weighted by atomic mass is 19.1. The molecule has 29 heavy (non-hydrogen) atoms. The van der Waals surface area contributed by atoms with Gasteiger partial charge in [0.15, 0.2) is 0 Å². The van der Waals surface area contributed by atoms with E-state index in [0.717, 1.165) is 0 Å². The Morgan fingerprint density at radius 1 is 1.28 bits per heavy atom. The molecule has 1 aliphatic rings. The molecule has 2 N–H and O–H groups in total. The summed E-state index contributed by atoms with van der Waals surface area (Å²) in [5, 5.41) is 0. The molecule has 1 aliphatic heterocycles. The maximum absolute atomic E-state index is 14.0. The number of aryl methyl sites for hydroxylation is 2. The lowest BCUT2D eigenvalue weighted by molar-refractivity contribution is 0.0154. The molecule has 7 nitrogen and oxygen atoms in total. The van der Waals surface area contributed by atoms with Crippen molar-refractivity contribution in [3.05, 3.63) is 50.7 Å². The zero-order chi connectivity index (χ0) is 21.7. The second kappa shape index (κ2) is 7.17. The minimum Gasteiger partial charge on any atom is -0.444 e. The average Bonchev–Trinajstić information content (AvgIpc) is 2.59. The van der Waals surface area contributed by atoms with E-state index < -0.39 is 17.7 Å². The number of rotatable bonds is 1. The van der Waals surface area contributed by atoms with Gasteiger partial charge in [0.25, 0.3) is 5.56 Å². The Hall–Kier alpha value is -2.90. The van der Waals surface area contributed by atoms with E-state index in [0.29, 0.717) is 41.0 Å². The van der Waals surface area contributed by atoms with Crippen LogP contribution in [0.3, 0.4) is 0 Å². The van der Waals surface area contributed by atoms with Crippen molar-refractivity contribution in [3.63, 3.8) is 0 Å². The predicted molar refractivity (Wildman–Crippen MR) is 109 cm³/mol. The molecule has 2 aromatic rings. The van der Waals surface area contributed by atoms with Crippen molar-refractivity contribution in [3.8, 4) is 5.69 Å². The highest BCUT2D eigenvalue weighted by Gasteiger charge is 2.34. The van der Waals surface area contributed by atoms with Crippen LogP contribution in [0.25, 0.3) is 5.69 Å². The number of aromatic nitrogens is 2. The van der Waals surface area contributed by atoms with Crippen molar-refractivity contribution >= 4 is 12.0 Å². The van der Waals surface area contributed by atoms with Crippen molar-refractivity contribution in [2.75, 3.05) is 12.3 Å². The summed E-state index contributed by atoms with van der Waals surface area (Å²) in [6.45, 7) is 10.8. The molecule has 0 aliphatic carbocycles. The molecule has 0 spiro atoms. The molecule has 1 atom stereocenters. The Kier molecular flexibility index (Phi) is 5.15. The third kappa shape index (κ3) is 3.83. The Balaban J connectivity index is 2.05. The highest BCUT2D eigenvalue weighted by Crippen LogP contribution is 2.29. The average molecular weight is 402 g/mol. The second-order valence-electron chi connectivity index (χ2n) is 8.47. The summed E-state index contributed by atoms with van der Waals surface area (Å²) >= 11 is 0. The van der Waals surface area contributed by atoms with Crippen molar-refractivity contribution in [2.24, 2.45) is 0 Å². The second-order valence-corrected chi connectivity index (χ2v) is 8.47. The van der Waals surface area contributed by atoms with Gasteiger partial charge in [0.2, 0.25) is 5.95 Å². The normalized spacial score (nSPS) is 16.5. The molecule has 0 fully saturated rings. The molecule has 1 aromatic heterocycles. The molecule has 1 aromatic carbocycles. The molecule has 0 bridgehead atoms. The van der Waals surface area contributed by atoms with Crippen molar-refractivity contribution in [1.29, 1.82) is 0 Å². The first-order valence-electron chi connectivity index (χ1n) is 9.58. The summed E-state index contributed by atoms with van der Waals surface area (Å²) in [6, 6.07) is 2.70. The van der Waals surface area contributed by atoms with Gasteiger partial charge in [-0.15, -0.1) is 0 Å². The Morgan fingerprint density at radius 3 is 2.41 bits per heavy atom. The molecular formula is C21H27FN4O3. The number of amides is 1. The van der Waals surface area contributed by atoms with Gasteiger partial charge in [-0.2, -0.15) is 0 Å². The molecular weight excluding hydrogens is 375 g/mol. The summed E-state index contributed by atoms with van der Waals surface area (Å²) in [6.07, 6.45) is -0.116. The van der Waals surface area contributed by atoms with E-state index in [9.17, 15) is 14.0 Å². The number of hydrogen-bond acceptors (Lipinski definition) is 5. The molecule has 8 heteroatoms. The van der Waals surface area contributed by atoms with E-state index in [-0.39, 0.29) is 17.3 Å². The largest absolute Gasteiger partial charge is 0.444 e. The van der Waals surface area contributed by atoms with Crippen molar-refractivity contribution < 1.29 is 13.9 Å². The van der Waals surface area contributed by atoms with Gasteiger partial charge in [-0.3, -0.25) is 9.69 Å². The summed E-state index contributed by atoms with van der Waals surface area (Å²) in [7, 11) is 0. The number of carbonyl (C=O) groups excluding carboxylic acids is 1. The van der Waals surface area contributed by atoms with Gasteiger partial charge < -0.3 is 10.5 Å². The number of hydrogen-bond donors (Lipinski definition) is 1. The van der Waals surface area contributed by atoms with Crippen LogP contribution in [0.2, 0.25) is 0 Å². The lowest BCUT2D eigenvalue weighted by Gasteiger charge is -2.35. The monoisotopic (exact) mass is 402 g/mol. The van der Waals surface area contributed by atoms with Crippen LogP contribution in [0, 0.1) is 19.7 Å². The van der Waals surface area contributed by atoms with Crippen LogP contribution < -0.4 is 11.3 Å². The summed E-state index contributed by atoms with van der Waals surface area (Å²) < 4.78 is 20.8. The third-order valence-corrected chi connectivity index (χ3v) is 5.01. The smallest absolute Gasteiger partial charge is 0.410 e. The van der Waals surface area contributed by atoms with Crippen LogP contribution in [0.15, 0.2) is 16.9 Å². The predicted octanol–water partition coefficient (Wildman–Crippen LogP) is 3.42. The number of halogens is 1. The Labute approximate surface area is 169 Å². The highest BCUT2D eigenvalue weighted by molar-refractivity contribution is 5.69. The van der Waals surface area contributed by atoms with E-state index in [2.05, 4.69) is 4.98 Å². The van der Waals surface area contributed by atoms with Crippen LogP contribution in [0.4, 0.5) is 15.1 Å². The summed E-state index contributed by atoms with van der Waals surface area (Å²) in [4.78, 5) is 31.7. The Bertz CT molecular complexity index is 1020. The molecule has 0 unspecified atom stereocenters. The minimum atomic E-state index is -0.620. The van der Waals surface area contributed by atoms with Gasteiger partial charge in [0.1, 0.15) is 11.4 Å².